The summed E-state index contributed by atoms with van der Waals surface area (Å²) in [4.78, 5) is 33.0. The van der Waals surface area contributed by atoms with Gasteiger partial charge >= 0.3 is 0 Å². The SMILES string of the molecule is COc1cccc(-n2cc(-c3ccc(Cl)cc3)nc2NC(=O)CN(C(=O)c2ccccc2C)C2CC2)c1. The van der Waals surface area contributed by atoms with Crippen LogP contribution in [0.25, 0.3) is 16.9 Å². The normalized spacial score (nSPS) is 12.7. The van der Waals surface area contributed by atoms with Crippen LogP contribution in [0.2, 0.25) is 5.02 Å². The topological polar surface area (TPSA) is 76.5 Å². The minimum atomic E-state index is -0.314. The molecule has 0 aliphatic heterocycles. The molecule has 2 amide bonds. The molecule has 1 aromatic heterocycles. The van der Waals surface area contributed by atoms with Crippen molar-refractivity contribution in [1.29, 1.82) is 0 Å². The third kappa shape index (κ3) is 5.52. The van der Waals surface area contributed by atoms with Crippen molar-refractivity contribution in [3.63, 3.8) is 0 Å². The van der Waals surface area contributed by atoms with Gasteiger partial charge in [-0.25, -0.2) is 4.98 Å². The molecule has 1 fully saturated rings. The van der Waals surface area contributed by atoms with Gasteiger partial charge in [-0.15, -0.1) is 0 Å². The summed E-state index contributed by atoms with van der Waals surface area (Å²) in [6.07, 6.45) is 3.64. The molecule has 0 atom stereocenters. The van der Waals surface area contributed by atoms with E-state index in [2.05, 4.69) is 5.32 Å². The van der Waals surface area contributed by atoms with E-state index in [4.69, 9.17) is 21.3 Å². The van der Waals surface area contributed by atoms with Crippen molar-refractivity contribution in [1.82, 2.24) is 14.5 Å². The molecule has 1 aliphatic rings. The predicted octanol–water partition coefficient (Wildman–Crippen LogP) is 5.75. The predicted molar refractivity (Wildman–Crippen MR) is 144 cm³/mol. The van der Waals surface area contributed by atoms with E-state index in [1.807, 2.05) is 67.7 Å². The van der Waals surface area contributed by atoms with Crippen LogP contribution >= 0.6 is 11.6 Å². The molecule has 0 radical (unpaired) electrons. The number of hydrogen-bond acceptors (Lipinski definition) is 4. The lowest BCUT2D eigenvalue weighted by Crippen LogP contribution is -2.40. The van der Waals surface area contributed by atoms with Crippen molar-refractivity contribution in [2.24, 2.45) is 0 Å². The second-order valence-corrected chi connectivity index (χ2v) is 9.49. The Bertz CT molecular complexity index is 1440. The maximum Gasteiger partial charge on any atom is 0.254 e. The van der Waals surface area contributed by atoms with Gasteiger partial charge in [0.15, 0.2) is 0 Å². The van der Waals surface area contributed by atoms with Gasteiger partial charge < -0.3 is 9.64 Å². The third-order valence-electron chi connectivity index (χ3n) is 6.37. The monoisotopic (exact) mass is 514 g/mol. The number of nitrogens with zero attached hydrogens (tertiary/aromatic N) is 3. The second kappa shape index (κ2) is 10.5. The van der Waals surface area contributed by atoms with E-state index in [0.29, 0.717) is 28.0 Å². The van der Waals surface area contributed by atoms with Crippen LogP contribution in [-0.4, -0.2) is 46.0 Å². The highest BCUT2D eigenvalue weighted by Gasteiger charge is 2.35. The van der Waals surface area contributed by atoms with E-state index in [-0.39, 0.29) is 24.4 Å². The van der Waals surface area contributed by atoms with Gasteiger partial charge in [0.25, 0.3) is 5.91 Å². The molecule has 37 heavy (non-hydrogen) atoms. The molecule has 0 bridgehead atoms. The highest BCUT2D eigenvalue weighted by molar-refractivity contribution is 6.30. The van der Waals surface area contributed by atoms with Gasteiger partial charge in [0, 0.05) is 34.5 Å². The number of aromatic nitrogens is 2. The first-order valence-electron chi connectivity index (χ1n) is 12.1. The molecule has 1 heterocycles. The lowest BCUT2D eigenvalue weighted by atomic mass is 10.1. The fourth-order valence-electron chi connectivity index (χ4n) is 4.22. The second-order valence-electron chi connectivity index (χ2n) is 9.06. The molecule has 1 saturated carbocycles. The molecule has 7 nitrogen and oxygen atoms in total. The van der Waals surface area contributed by atoms with Gasteiger partial charge in [0.1, 0.15) is 12.3 Å². The lowest BCUT2D eigenvalue weighted by Gasteiger charge is -2.22. The van der Waals surface area contributed by atoms with Crippen molar-refractivity contribution in [2.45, 2.75) is 25.8 Å². The molecule has 3 aromatic carbocycles. The number of anilines is 1. The van der Waals surface area contributed by atoms with Gasteiger partial charge in [-0.1, -0.05) is 48.0 Å². The van der Waals surface area contributed by atoms with Crippen molar-refractivity contribution in [3.05, 3.63) is 95.1 Å². The van der Waals surface area contributed by atoms with E-state index in [9.17, 15) is 9.59 Å². The quantitative estimate of drug-likeness (QED) is 0.324. The van der Waals surface area contributed by atoms with Crippen molar-refractivity contribution in [2.75, 3.05) is 19.0 Å². The minimum Gasteiger partial charge on any atom is -0.497 e. The number of imidazole rings is 1. The Kier molecular flexibility index (Phi) is 6.97. The number of aryl methyl sites for hydroxylation is 1. The molecule has 0 saturated heterocycles. The Morgan fingerprint density at radius 1 is 1.08 bits per heavy atom. The summed E-state index contributed by atoms with van der Waals surface area (Å²) in [7, 11) is 1.60. The number of methoxy groups -OCH3 is 1. The summed E-state index contributed by atoms with van der Waals surface area (Å²) < 4.78 is 7.19. The molecule has 188 valence electrons. The van der Waals surface area contributed by atoms with Gasteiger partial charge in [-0.05, 0) is 55.7 Å². The number of halogens is 1. The largest absolute Gasteiger partial charge is 0.497 e. The zero-order valence-electron chi connectivity index (χ0n) is 20.6. The lowest BCUT2D eigenvalue weighted by molar-refractivity contribution is -0.117. The molecule has 0 unspecified atom stereocenters. The van der Waals surface area contributed by atoms with Crippen LogP contribution in [0.15, 0.2) is 79.0 Å². The Hall–Kier alpha value is -4.10. The summed E-state index contributed by atoms with van der Waals surface area (Å²) in [5.41, 5.74) is 3.81. The number of amides is 2. The number of carbonyl (C=O) groups excluding carboxylic acids is 2. The van der Waals surface area contributed by atoms with Crippen LogP contribution in [0.1, 0.15) is 28.8 Å². The molecule has 4 aromatic rings. The summed E-state index contributed by atoms with van der Waals surface area (Å²) in [6.45, 7) is 1.85. The summed E-state index contributed by atoms with van der Waals surface area (Å²) in [6, 6.07) is 22.4. The van der Waals surface area contributed by atoms with E-state index in [1.54, 1.807) is 34.8 Å². The number of ether oxygens (including phenoxy) is 1. The summed E-state index contributed by atoms with van der Waals surface area (Å²) in [5, 5.41) is 3.56. The van der Waals surface area contributed by atoms with Gasteiger partial charge in [0.2, 0.25) is 11.9 Å². The maximum absolute atomic E-state index is 13.3. The van der Waals surface area contributed by atoms with Gasteiger partial charge in [-0.2, -0.15) is 0 Å². The molecule has 8 heteroatoms. The fourth-order valence-corrected chi connectivity index (χ4v) is 4.35. The van der Waals surface area contributed by atoms with E-state index < -0.39 is 0 Å². The van der Waals surface area contributed by atoms with Gasteiger partial charge in [0.05, 0.1) is 18.5 Å². The number of hydrogen-bond donors (Lipinski definition) is 1. The minimum absolute atomic E-state index is 0.0565. The highest BCUT2D eigenvalue weighted by atomic mass is 35.5. The number of benzene rings is 3. The molecule has 0 spiro atoms. The molecular formula is C29H27ClN4O3. The highest BCUT2D eigenvalue weighted by Crippen LogP contribution is 2.30. The zero-order valence-corrected chi connectivity index (χ0v) is 21.4. The molecule has 5 rings (SSSR count). The molecule has 1 aliphatic carbocycles. The molecule has 1 N–H and O–H groups in total. The van der Waals surface area contributed by atoms with Gasteiger partial charge in [-0.3, -0.25) is 19.5 Å². The van der Waals surface area contributed by atoms with Crippen LogP contribution in [0, 0.1) is 6.92 Å². The Morgan fingerprint density at radius 3 is 2.54 bits per heavy atom. The summed E-state index contributed by atoms with van der Waals surface area (Å²) in [5.74, 6) is 0.586. The average Bonchev–Trinajstić information content (AvgIpc) is 3.67. The first kappa shape index (κ1) is 24.6. The van der Waals surface area contributed by atoms with E-state index >= 15 is 0 Å². The summed E-state index contributed by atoms with van der Waals surface area (Å²) >= 11 is 6.06. The molecular weight excluding hydrogens is 488 g/mol. The number of rotatable bonds is 8. The van der Waals surface area contributed by atoms with Crippen molar-refractivity contribution >= 4 is 29.4 Å². The van der Waals surface area contributed by atoms with Crippen LogP contribution in [-0.2, 0) is 4.79 Å². The van der Waals surface area contributed by atoms with E-state index in [0.717, 1.165) is 29.7 Å². The van der Waals surface area contributed by atoms with Crippen molar-refractivity contribution < 1.29 is 14.3 Å². The maximum atomic E-state index is 13.3. The van der Waals surface area contributed by atoms with Crippen LogP contribution in [0.4, 0.5) is 5.95 Å². The first-order chi connectivity index (χ1) is 17.9. The van der Waals surface area contributed by atoms with Crippen molar-refractivity contribution in [3.8, 4) is 22.7 Å². The first-order valence-corrected chi connectivity index (χ1v) is 12.5. The third-order valence-corrected chi connectivity index (χ3v) is 6.62. The number of nitrogens with one attached hydrogen (secondary N) is 1. The Morgan fingerprint density at radius 2 is 1.84 bits per heavy atom. The Balaban J connectivity index is 1.44. The number of carbonyl (C=O) groups is 2. The fraction of sp³-hybridized carbons (Fsp3) is 0.207. The standard InChI is InChI=1S/C29H27ClN4O3/c1-19-6-3-4-9-25(19)28(36)33(22-14-15-22)18-27(35)32-29-31-26(20-10-12-21(30)13-11-20)17-34(29)23-7-5-8-24(16-23)37-2/h3-13,16-17,22H,14-15,18H2,1-2H3,(H,31,32,35). The average molecular weight is 515 g/mol. The smallest absolute Gasteiger partial charge is 0.254 e. The van der Waals surface area contributed by atoms with Crippen LogP contribution in [0.5, 0.6) is 5.75 Å². The zero-order chi connectivity index (χ0) is 25.9. The van der Waals surface area contributed by atoms with E-state index in [1.165, 1.54) is 0 Å². The van der Waals surface area contributed by atoms with Crippen LogP contribution < -0.4 is 10.1 Å². The Labute approximate surface area is 220 Å². The van der Waals surface area contributed by atoms with Crippen LogP contribution in [0.3, 0.4) is 0 Å².